The van der Waals surface area contributed by atoms with Gasteiger partial charge in [0, 0.05) is 25.0 Å². The Labute approximate surface area is 179 Å². The number of nitrogens with two attached hydrogens (primary N) is 1. The third-order valence-corrected chi connectivity index (χ3v) is 4.91. The van der Waals surface area contributed by atoms with Crippen LogP contribution in [0.3, 0.4) is 0 Å². The highest BCUT2D eigenvalue weighted by Gasteiger charge is 2.34. The van der Waals surface area contributed by atoms with E-state index in [2.05, 4.69) is 5.32 Å². The van der Waals surface area contributed by atoms with Crippen LogP contribution in [0.4, 0.5) is 0 Å². The number of carboxylic acids is 1. The van der Waals surface area contributed by atoms with Crippen LogP contribution in [-0.4, -0.2) is 75.8 Å². The van der Waals surface area contributed by atoms with E-state index in [1.165, 1.54) is 6.92 Å². The SMILES string of the molecule is CCOC(=O)C(N)CCC(=O)N(C(=O)CC)C(CSC(=O)CC)C(=O)NCC(=O)O. The summed E-state index contributed by atoms with van der Waals surface area (Å²) in [5, 5.41) is 10.6. The molecule has 4 N–H and O–H groups in total. The van der Waals surface area contributed by atoms with Gasteiger partial charge in [0.1, 0.15) is 18.6 Å². The average molecular weight is 448 g/mol. The number of aliphatic carboxylic acids is 1. The number of hydrogen-bond donors (Lipinski definition) is 3. The maximum Gasteiger partial charge on any atom is 0.322 e. The highest BCUT2D eigenvalue weighted by molar-refractivity contribution is 8.13. The third-order valence-electron chi connectivity index (χ3n) is 3.82. The number of carbonyl (C=O) groups excluding carboxylic acids is 5. The van der Waals surface area contributed by atoms with E-state index < -0.39 is 48.3 Å². The topological polar surface area (TPSA) is 173 Å². The molecule has 2 unspecified atom stereocenters. The summed E-state index contributed by atoms with van der Waals surface area (Å²) < 4.78 is 4.77. The molecule has 0 aromatic carbocycles. The molecule has 0 radical (unpaired) electrons. The van der Waals surface area contributed by atoms with Crippen molar-refractivity contribution in [1.29, 1.82) is 0 Å². The van der Waals surface area contributed by atoms with Gasteiger partial charge in [-0.1, -0.05) is 25.6 Å². The van der Waals surface area contributed by atoms with Crippen molar-refractivity contribution in [3.05, 3.63) is 0 Å². The lowest BCUT2D eigenvalue weighted by atomic mass is 10.1. The second-order valence-electron chi connectivity index (χ2n) is 6.07. The molecule has 0 aliphatic carbocycles. The lowest BCUT2D eigenvalue weighted by molar-refractivity contribution is -0.151. The lowest BCUT2D eigenvalue weighted by Gasteiger charge is -2.29. The zero-order valence-electron chi connectivity index (χ0n) is 17.3. The van der Waals surface area contributed by atoms with E-state index in [4.69, 9.17) is 15.6 Å². The number of imide groups is 1. The summed E-state index contributed by atoms with van der Waals surface area (Å²) in [5.74, 6) is -4.54. The maximum absolute atomic E-state index is 12.7. The fraction of sp³-hybridized carbons (Fsp3) is 0.667. The van der Waals surface area contributed by atoms with Gasteiger partial charge in [-0.25, -0.2) is 0 Å². The lowest BCUT2D eigenvalue weighted by Crippen LogP contribution is -2.54. The predicted molar refractivity (Wildman–Crippen MR) is 108 cm³/mol. The highest BCUT2D eigenvalue weighted by atomic mass is 32.2. The molecule has 30 heavy (non-hydrogen) atoms. The highest BCUT2D eigenvalue weighted by Crippen LogP contribution is 2.16. The molecule has 2 atom stereocenters. The van der Waals surface area contributed by atoms with E-state index in [1.54, 1.807) is 13.8 Å². The number of thioether (sulfide) groups is 1. The minimum Gasteiger partial charge on any atom is -0.480 e. The van der Waals surface area contributed by atoms with Gasteiger partial charge >= 0.3 is 11.9 Å². The number of nitrogens with one attached hydrogen (secondary N) is 1. The molecule has 11 nitrogen and oxygen atoms in total. The molecule has 170 valence electrons. The second kappa shape index (κ2) is 14.5. The Kier molecular flexibility index (Phi) is 13.3. The van der Waals surface area contributed by atoms with Crippen LogP contribution >= 0.6 is 11.8 Å². The van der Waals surface area contributed by atoms with E-state index >= 15 is 0 Å². The Hall–Kier alpha value is -2.47. The van der Waals surface area contributed by atoms with Crippen molar-refractivity contribution in [2.24, 2.45) is 5.73 Å². The minimum absolute atomic E-state index is 0.106. The molecular weight excluding hydrogens is 418 g/mol. The van der Waals surface area contributed by atoms with Gasteiger partial charge in [-0.15, -0.1) is 0 Å². The fourth-order valence-corrected chi connectivity index (χ4v) is 3.09. The molecule has 0 aromatic heterocycles. The van der Waals surface area contributed by atoms with Crippen LogP contribution in [0.2, 0.25) is 0 Å². The third kappa shape index (κ3) is 9.83. The summed E-state index contributed by atoms with van der Waals surface area (Å²) in [6.45, 7) is 4.12. The molecule has 0 saturated heterocycles. The monoisotopic (exact) mass is 447 g/mol. The number of carbonyl (C=O) groups is 6. The number of carboxylic acid groups (broad SMARTS) is 1. The van der Waals surface area contributed by atoms with Crippen molar-refractivity contribution in [2.75, 3.05) is 18.9 Å². The Morgan fingerprint density at radius 2 is 1.70 bits per heavy atom. The Balaban J connectivity index is 5.52. The van der Waals surface area contributed by atoms with E-state index in [0.717, 1.165) is 11.8 Å². The van der Waals surface area contributed by atoms with Gasteiger partial charge in [-0.05, 0) is 13.3 Å². The molecule has 0 aliphatic rings. The van der Waals surface area contributed by atoms with Crippen molar-refractivity contribution >= 4 is 46.5 Å². The van der Waals surface area contributed by atoms with Gasteiger partial charge in [-0.2, -0.15) is 0 Å². The second-order valence-corrected chi connectivity index (χ2v) is 7.15. The summed E-state index contributed by atoms with van der Waals surface area (Å²) in [6, 6.07) is -2.47. The van der Waals surface area contributed by atoms with Crippen molar-refractivity contribution in [2.45, 2.75) is 58.5 Å². The Bertz CT molecular complexity index is 655. The Morgan fingerprint density at radius 1 is 1.07 bits per heavy atom. The van der Waals surface area contributed by atoms with Crippen LogP contribution in [0.1, 0.15) is 46.5 Å². The van der Waals surface area contributed by atoms with Crippen molar-refractivity contribution in [1.82, 2.24) is 10.2 Å². The molecule has 0 aromatic rings. The Morgan fingerprint density at radius 3 is 2.20 bits per heavy atom. The van der Waals surface area contributed by atoms with Crippen molar-refractivity contribution in [3.63, 3.8) is 0 Å². The molecular formula is C18H29N3O8S. The molecule has 0 aliphatic heterocycles. The normalized spacial score (nSPS) is 12.4. The zero-order valence-corrected chi connectivity index (χ0v) is 18.2. The standard InChI is InChI=1S/C18H29N3O8S/c1-4-13(22)21(14(23)8-7-11(19)18(28)29-6-3)12(10-30-16(26)5-2)17(27)20-9-15(24)25/h11-12H,4-10,19H2,1-3H3,(H,20,27)(H,24,25). The number of amides is 3. The fourth-order valence-electron chi connectivity index (χ4n) is 2.25. The summed E-state index contributed by atoms with van der Waals surface area (Å²) in [4.78, 5) is 72.4. The van der Waals surface area contributed by atoms with Gasteiger partial charge in [0.25, 0.3) is 0 Å². The maximum atomic E-state index is 12.7. The van der Waals surface area contributed by atoms with E-state index in [9.17, 15) is 28.8 Å². The van der Waals surface area contributed by atoms with E-state index in [1.807, 2.05) is 0 Å². The molecule has 3 amide bonds. The smallest absolute Gasteiger partial charge is 0.322 e. The minimum atomic E-state index is -1.39. The molecule has 0 bridgehead atoms. The average Bonchev–Trinajstić information content (AvgIpc) is 2.72. The molecule has 0 rings (SSSR count). The van der Waals surface area contributed by atoms with Crippen LogP contribution in [0, 0.1) is 0 Å². The van der Waals surface area contributed by atoms with Gasteiger partial charge in [-0.3, -0.25) is 33.7 Å². The molecule has 0 heterocycles. The van der Waals surface area contributed by atoms with Gasteiger partial charge in [0.2, 0.25) is 17.7 Å². The zero-order chi connectivity index (χ0) is 23.3. The summed E-state index contributed by atoms with van der Waals surface area (Å²) in [5.41, 5.74) is 5.67. The quantitative estimate of drug-likeness (QED) is 0.317. The summed E-state index contributed by atoms with van der Waals surface area (Å²) in [6.07, 6.45) is -0.362. The van der Waals surface area contributed by atoms with Crippen molar-refractivity contribution < 1.29 is 38.6 Å². The summed E-state index contributed by atoms with van der Waals surface area (Å²) >= 11 is 0.765. The predicted octanol–water partition coefficient (Wildman–Crippen LogP) is -0.339. The number of hydrogen-bond acceptors (Lipinski definition) is 9. The van der Waals surface area contributed by atoms with E-state index in [-0.39, 0.29) is 43.2 Å². The number of ether oxygens (including phenoxy) is 1. The number of nitrogens with zero attached hydrogens (tertiary/aromatic N) is 1. The first-order chi connectivity index (χ1) is 14.1. The van der Waals surface area contributed by atoms with E-state index in [0.29, 0.717) is 4.90 Å². The first kappa shape index (κ1) is 27.5. The van der Waals surface area contributed by atoms with Crippen LogP contribution in [0.25, 0.3) is 0 Å². The number of esters is 1. The number of rotatable bonds is 13. The molecule has 0 saturated carbocycles. The van der Waals surface area contributed by atoms with Crippen LogP contribution in [0.5, 0.6) is 0 Å². The van der Waals surface area contributed by atoms with Gasteiger partial charge < -0.3 is 20.9 Å². The first-order valence-corrected chi connectivity index (χ1v) is 10.5. The molecule has 12 heteroatoms. The molecule has 0 fully saturated rings. The summed E-state index contributed by atoms with van der Waals surface area (Å²) in [7, 11) is 0. The largest absolute Gasteiger partial charge is 0.480 e. The van der Waals surface area contributed by atoms with Gasteiger partial charge in [0.05, 0.1) is 6.61 Å². The molecule has 0 spiro atoms. The van der Waals surface area contributed by atoms with Crippen LogP contribution < -0.4 is 11.1 Å². The van der Waals surface area contributed by atoms with Crippen LogP contribution in [-0.2, 0) is 33.5 Å². The van der Waals surface area contributed by atoms with Crippen LogP contribution in [0.15, 0.2) is 0 Å². The van der Waals surface area contributed by atoms with Crippen molar-refractivity contribution in [3.8, 4) is 0 Å². The first-order valence-electron chi connectivity index (χ1n) is 9.51. The van der Waals surface area contributed by atoms with Gasteiger partial charge in [0.15, 0.2) is 5.12 Å².